The summed E-state index contributed by atoms with van der Waals surface area (Å²) in [4.78, 5) is 9.09. The van der Waals surface area contributed by atoms with Crippen LogP contribution in [0.3, 0.4) is 0 Å². The van der Waals surface area contributed by atoms with E-state index in [9.17, 15) is 0 Å². The zero-order valence-corrected chi connectivity index (χ0v) is 16.1. The minimum Gasteiger partial charge on any atom is -0.490 e. The largest absolute Gasteiger partial charge is 0.490 e. The molecule has 0 unspecified atom stereocenters. The molecule has 0 fully saturated rings. The molecule has 0 bridgehead atoms. The van der Waals surface area contributed by atoms with E-state index < -0.39 is 0 Å². The van der Waals surface area contributed by atoms with Crippen LogP contribution in [0.2, 0.25) is 0 Å². The number of rotatable bonds is 7. The Bertz CT molecular complexity index is 977. The lowest BCUT2D eigenvalue weighted by molar-refractivity contribution is 0.288. The summed E-state index contributed by atoms with van der Waals surface area (Å²) < 4.78 is 16.8. The first-order valence-corrected chi connectivity index (χ1v) is 9.66. The lowest BCUT2D eigenvalue weighted by Gasteiger charge is -2.11. The highest BCUT2D eigenvalue weighted by atomic mass is 16.5. The van der Waals surface area contributed by atoms with E-state index in [1.165, 1.54) is 5.71 Å². The van der Waals surface area contributed by atoms with Gasteiger partial charge < -0.3 is 14.0 Å². The van der Waals surface area contributed by atoms with Gasteiger partial charge in [0.05, 0.1) is 13.2 Å². The molecule has 3 aromatic rings. The van der Waals surface area contributed by atoms with Gasteiger partial charge in [0.15, 0.2) is 11.5 Å². The van der Waals surface area contributed by atoms with Crippen molar-refractivity contribution in [1.82, 2.24) is 10.1 Å². The highest BCUT2D eigenvalue weighted by Crippen LogP contribution is 2.32. The Balaban J connectivity index is 1.58. The van der Waals surface area contributed by atoms with Gasteiger partial charge in [-0.1, -0.05) is 17.3 Å². The van der Waals surface area contributed by atoms with E-state index in [0.717, 1.165) is 36.1 Å². The van der Waals surface area contributed by atoms with Gasteiger partial charge in [-0.2, -0.15) is 4.98 Å². The van der Waals surface area contributed by atoms with Crippen molar-refractivity contribution in [1.29, 1.82) is 0 Å². The third-order valence-corrected chi connectivity index (χ3v) is 4.57. The van der Waals surface area contributed by atoms with Crippen molar-refractivity contribution in [3.63, 3.8) is 0 Å². The van der Waals surface area contributed by atoms with E-state index in [1.54, 1.807) is 0 Å². The van der Waals surface area contributed by atoms with Crippen molar-refractivity contribution in [2.45, 2.75) is 26.7 Å². The highest BCUT2D eigenvalue weighted by molar-refractivity contribution is 6.01. The summed E-state index contributed by atoms with van der Waals surface area (Å²) in [6.07, 6.45) is 2.18. The van der Waals surface area contributed by atoms with E-state index in [2.05, 4.69) is 27.3 Å². The van der Waals surface area contributed by atoms with Crippen molar-refractivity contribution in [2.75, 3.05) is 19.8 Å². The number of nitrogens with zero attached hydrogens (tertiary/aromatic N) is 3. The van der Waals surface area contributed by atoms with Crippen LogP contribution in [0.5, 0.6) is 11.5 Å². The second-order valence-electron chi connectivity index (χ2n) is 6.46. The first kappa shape index (κ1) is 18.2. The molecule has 144 valence electrons. The first-order valence-electron chi connectivity index (χ1n) is 9.66. The van der Waals surface area contributed by atoms with Gasteiger partial charge in [0.25, 0.3) is 5.89 Å². The molecule has 0 saturated carbocycles. The van der Waals surface area contributed by atoms with E-state index in [1.807, 2.05) is 44.2 Å². The van der Waals surface area contributed by atoms with Crippen molar-refractivity contribution >= 4 is 5.71 Å². The topological polar surface area (TPSA) is 69.7 Å². The smallest absolute Gasteiger partial charge is 0.258 e. The monoisotopic (exact) mass is 377 g/mol. The van der Waals surface area contributed by atoms with Crippen LogP contribution in [0, 0.1) is 0 Å². The summed E-state index contributed by atoms with van der Waals surface area (Å²) in [6, 6.07) is 13.8. The molecule has 2 aromatic carbocycles. The molecule has 2 heterocycles. The van der Waals surface area contributed by atoms with E-state index in [-0.39, 0.29) is 0 Å². The minimum atomic E-state index is 0.488. The van der Waals surface area contributed by atoms with E-state index >= 15 is 0 Å². The van der Waals surface area contributed by atoms with Crippen molar-refractivity contribution in [3.8, 4) is 34.3 Å². The Morgan fingerprint density at radius 3 is 2.32 bits per heavy atom. The second kappa shape index (κ2) is 8.25. The van der Waals surface area contributed by atoms with Crippen LogP contribution < -0.4 is 9.47 Å². The van der Waals surface area contributed by atoms with Crippen LogP contribution in [0.4, 0.5) is 0 Å². The molecule has 0 N–H and O–H groups in total. The molecule has 0 atom stereocenters. The van der Waals surface area contributed by atoms with Crippen molar-refractivity contribution < 1.29 is 14.0 Å². The molecule has 0 radical (unpaired) electrons. The van der Waals surface area contributed by atoms with Crippen molar-refractivity contribution in [2.24, 2.45) is 4.99 Å². The zero-order chi connectivity index (χ0) is 19.3. The molecule has 28 heavy (non-hydrogen) atoms. The summed E-state index contributed by atoms with van der Waals surface area (Å²) in [5, 5.41) is 4.13. The highest BCUT2D eigenvalue weighted by Gasteiger charge is 2.15. The normalized spacial score (nSPS) is 13.4. The van der Waals surface area contributed by atoms with E-state index in [4.69, 9.17) is 14.0 Å². The number of hydrogen-bond donors (Lipinski definition) is 0. The number of aromatic nitrogens is 2. The third kappa shape index (κ3) is 3.76. The summed E-state index contributed by atoms with van der Waals surface area (Å²) in [6.45, 7) is 5.94. The van der Waals surface area contributed by atoms with Gasteiger partial charge in [0.1, 0.15) is 0 Å². The van der Waals surface area contributed by atoms with Gasteiger partial charge in [-0.15, -0.1) is 0 Å². The number of hydrogen-bond acceptors (Lipinski definition) is 6. The molecule has 1 aliphatic rings. The molecule has 0 spiro atoms. The van der Waals surface area contributed by atoms with E-state index in [0.29, 0.717) is 36.4 Å². The maximum atomic E-state index is 5.68. The molecule has 1 aromatic heterocycles. The number of aliphatic imine (C=N–C) groups is 1. The Kier molecular flexibility index (Phi) is 5.37. The lowest BCUT2D eigenvalue weighted by Crippen LogP contribution is -1.98. The average Bonchev–Trinajstić information content (AvgIpc) is 3.42. The quantitative estimate of drug-likeness (QED) is 0.592. The second-order valence-corrected chi connectivity index (χ2v) is 6.46. The first-order chi connectivity index (χ1) is 13.8. The standard InChI is InChI=1S/C22H23N3O3/c1-3-26-19-12-11-17(14-20(19)27-4-2)21-24-22(28-25-21)16-9-7-15(8-10-16)18-6-5-13-23-18/h7-12,14H,3-6,13H2,1-2H3. The Labute approximate surface area is 164 Å². The third-order valence-electron chi connectivity index (χ3n) is 4.57. The van der Waals surface area contributed by atoms with Gasteiger partial charge in [0, 0.05) is 23.4 Å². The average molecular weight is 377 g/mol. The molecule has 0 aliphatic carbocycles. The zero-order valence-electron chi connectivity index (χ0n) is 16.1. The molecular formula is C22H23N3O3. The fraction of sp³-hybridized carbons (Fsp3) is 0.318. The summed E-state index contributed by atoms with van der Waals surface area (Å²) in [7, 11) is 0. The fourth-order valence-corrected chi connectivity index (χ4v) is 3.23. The van der Waals surface area contributed by atoms with Gasteiger partial charge in [-0.25, -0.2) is 0 Å². The summed E-state index contributed by atoms with van der Waals surface area (Å²) in [5.74, 6) is 2.39. The Morgan fingerprint density at radius 1 is 0.893 bits per heavy atom. The molecule has 0 amide bonds. The minimum absolute atomic E-state index is 0.488. The molecule has 4 rings (SSSR count). The van der Waals surface area contributed by atoms with Crippen molar-refractivity contribution in [3.05, 3.63) is 48.0 Å². The predicted molar refractivity (Wildman–Crippen MR) is 108 cm³/mol. The van der Waals surface area contributed by atoms with Crippen LogP contribution in [-0.4, -0.2) is 35.6 Å². The summed E-state index contributed by atoms with van der Waals surface area (Å²) in [5.41, 5.74) is 4.04. The molecule has 6 heteroatoms. The van der Waals surface area contributed by atoms with Gasteiger partial charge in [-0.3, -0.25) is 4.99 Å². The number of benzene rings is 2. The van der Waals surface area contributed by atoms with Crippen LogP contribution in [-0.2, 0) is 0 Å². The van der Waals surface area contributed by atoms with Crippen LogP contribution in [0.15, 0.2) is 52.0 Å². The van der Waals surface area contributed by atoms with Crippen LogP contribution in [0.1, 0.15) is 32.3 Å². The van der Waals surface area contributed by atoms with Gasteiger partial charge in [-0.05, 0) is 62.6 Å². The Morgan fingerprint density at radius 2 is 1.61 bits per heavy atom. The van der Waals surface area contributed by atoms with Crippen LogP contribution >= 0.6 is 0 Å². The Hall–Kier alpha value is -3.15. The molecule has 6 nitrogen and oxygen atoms in total. The number of ether oxygens (including phenoxy) is 2. The lowest BCUT2D eigenvalue weighted by atomic mass is 10.1. The molecule has 1 aliphatic heterocycles. The summed E-state index contributed by atoms with van der Waals surface area (Å²) >= 11 is 0. The maximum absolute atomic E-state index is 5.68. The van der Waals surface area contributed by atoms with Gasteiger partial charge >= 0.3 is 0 Å². The molecular weight excluding hydrogens is 354 g/mol. The fourth-order valence-electron chi connectivity index (χ4n) is 3.23. The van der Waals surface area contributed by atoms with Gasteiger partial charge in [0.2, 0.25) is 5.82 Å². The van der Waals surface area contributed by atoms with Crippen LogP contribution in [0.25, 0.3) is 22.8 Å². The predicted octanol–water partition coefficient (Wildman–Crippen LogP) is 4.78. The SMILES string of the molecule is CCOc1ccc(-c2noc(-c3ccc(C4=NCCC4)cc3)n2)cc1OCC. The molecule has 0 saturated heterocycles. The maximum Gasteiger partial charge on any atom is 0.258 e.